The lowest BCUT2D eigenvalue weighted by Crippen LogP contribution is -2.43. The second-order valence-corrected chi connectivity index (χ2v) is 7.49. The number of ether oxygens (including phenoxy) is 1. The molecular formula is C15H21NO4S. The molecule has 0 radical (unpaired) electrons. The molecule has 21 heavy (non-hydrogen) atoms. The highest BCUT2D eigenvalue weighted by Crippen LogP contribution is 2.31. The second-order valence-electron chi connectivity index (χ2n) is 6.35. The van der Waals surface area contributed by atoms with Crippen LogP contribution < -0.4 is 0 Å². The predicted octanol–water partition coefficient (Wildman–Crippen LogP) is 3.17. The van der Waals surface area contributed by atoms with Crippen molar-refractivity contribution in [3.63, 3.8) is 0 Å². The smallest absolute Gasteiger partial charge is 0.410 e. The van der Waals surface area contributed by atoms with Crippen molar-refractivity contribution in [2.24, 2.45) is 0 Å². The van der Waals surface area contributed by atoms with E-state index in [1.807, 2.05) is 20.8 Å². The molecule has 116 valence electrons. The Morgan fingerprint density at radius 1 is 1.43 bits per heavy atom. The number of aromatic carboxylic acids is 1. The number of hydrogen-bond acceptors (Lipinski definition) is 4. The first-order valence-electron chi connectivity index (χ1n) is 6.98. The molecule has 0 bridgehead atoms. The van der Waals surface area contributed by atoms with E-state index in [0.717, 1.165) is 23.3 Å². The van der Waals surface area contributed by atoms with Crippen molar-refractivity contribution in [3.8, 4) is 0 Å². The van der Waals surface area contributed by atoms with Crippen LogP contribution in [-0.2, 0) is 17.6 Å². The summed E-state index contributed by atoms with van der Waals surface area (Å²) in [4.78, 5) is 26.3. The van der Waals surface area contributed by atoms with E-state index >= 15 is 0 Å². The monoisotopic (exact) mass is 311 g/mol. The second kappa shape index (κ2) is 5.67. The van der Waals surface area contributed by atoms with E-state index in [-0.39, 0.29) is 12.1 Å². The van der Waals surface area contributed by atoms with Crippen LogP contribution in [-0.4, -0.2) is 40.8 Å². The van der Waals surface area contributed by atoms with Crippen LogP contribution in [0.15, 0.2) is 6.07 Å². The number of likely N-dealkylation sites (N-methyl/N-ethyl adjacent to an activating group) is 1. The van der Waals surface area contributed by atoms with Gasteiger partial charge < -0.3 is 14.7 Å². The van der Waals surface area contributed by atoms with Gasteiger partial charge in [0, 0.05) is 18.0 Å². The number of rotatable bonds is 2. The molecule has 1 aromatic rings. The van der Waals surface area contributed by atoms with Crippen molar-refractivity contribution in [2.75, 3.05) is 7.05 Å². The molecule has 1 atom stereocenters. The summed E-state index contributed by atoms with van der Waals surface area (Å²) in [6.45, 7) is 5.53. The number of amides is 1. The molecule has 5 nitrogen and oxygen atoms in total. The van der Waals surface area contributed by atoms with Gasteiger partial charge in [-0.2, -0.15) is 0 Å². The molecule has 6 heteroatoms. The fourth-order valence-electron chi connectivity index (χ4n) is 2.42. The van der Waals surface area contributed by atoms with Gasteiger partial charge in [0.1, 0.15) is 10.5 Å². The first-order chi connectivity index (χ1) is 9.67. The lowest BCUT2D eigenvalue weighted by molar-refractivity contribution is 0.0210. The molecule has 2 rings (SSSR count). The Hall–Kier alpha value is -1.56. The van der Waals surface area contributed by atoms with E-state index in [2.05, 4.69) is 0 Å². The van der Waals surface area contributed by atoms with E-state index in [9.17, 15) is 9.59 Å². The SMILES string of the molecule is CN(C(=O)OC(C)(C)C)C1CCc2sc(C(=O)O)cc2C1. The van der Waals surface area contributed by atoms with Crippen molar-refractivity contribution in [1.82, 2.24) is 4.90 Å². The maximum absolute atomic E-state index is 12.1. The molecule has 1 aromatic heterocycles. The van der Waals surface area contributed by atoms with Crippen molar-refractivity contribution < 1.29 is 19.4 Å². The predicted molar refractivity (Wildman–Crippen MR) is 81.1 cm³/mol. The maximum Gasteiger partial charge on any atom is 0.410 e. The lowest BCUT2D eigenvalue weighted by atomic mass is 9.93. The molecule has 1 aliphatic carbocycles. The van der Waals surface area contributed by atoms with Crippen molar-refractivity contribution in [2.45, 2.75) is 51.7 Å². The van der Waals surface area contributed by atoms with E-state index in [1.54, 1.807) is 18.0 Å². The zero-order valence-electron chi connectivity index (χ0n) is 12.8. The number of thiophene rings is 1. The normalized spacial score (nSPS) is 18.0. The number of carboxylic acid groups (broad SMARTS) is 1. The average Bonchev–Trinajstić information content (AvgIpc) is 2.78. The molecule has 0 saturated carbocycles. The van der Waals surface area contributed by atoms with Gasteiger partial charge in [0.2, 0.25) is 0 Å². The molecule has 1 amide bonds. The highest BCUT2D eigenvalue weighted by Gasteiger charge is 2.29. The van der Waals surface area contributed by atoms with Crippen LogP contribution in [0.1, 0.15) is 47.3 Å². The van der Waals surface area contributed by atoms with Crippen LogP contribution in [0.4, 0.5) is 4.79 Å². The van der Waals surface area contributed by atoms with Gasteiger partial charge in [-0.05, 0) is 51.7 Å². The van der Waals surface area contributed by atoms with Crippen LogP contribution in [0, 0.1) is 0 Å². The van der Waals surface area contributed by atoms with Crippen LogP contribution in [0.2, 0.25) is 0 Å². The summed E-state index contributed by atoms with van der Waals surface area (Å²) in [5.74, 6) is -0.883. The third-order valence-corrected chi connectivity index (χ3v) is 4.72. The van der Waals surface area contributed by atoms with Gasteiger partial charge >= 0.3 is 12.1 Å². The summed E-state index contributed by atoms with van der Waals surface area (Å²) in [5.41, 5.74) is 0.536. The quantitative estimate of drug-likeness (QED) is 0.911. The Morgan fingerprint density at radius 2 is 2.10 bits per heavy atom. The highest BCUT2D eigenvalue weighted by atomic mass is 32.1. The summed E-state index contributed by atoms with van der Waals surface area (Å²) in [6, 6.07) is 1.79. The number of aryl methyl sites for hydroxylation is 1. The largest absolute Gasteiger partial charge is 0.477 e. The molecule has 0 fully saturated rings. The molecule has 0 aliphatic heterocycles. The minimum atomic E-state index is -0.883. The number of carbonyl (C=O) groups is 2. The average molecular weight is 311 g/mol. The molecule has 1 unspecified atom stereocenters. The minimum Gasteiger partial charge on any atom is -0.477 e. The number of carboxylic acids is 1. The summed E-state index contributed by atoms with van der Waals surface area (Å²) in [5, 5.41) is 9.05. The summed E-state index contributed by atoms with van der Waals surface area (Å²) in [7, 11) is 1.74. The van der Waals surface area contributed by atoms with Crippen molar-refractivity contribution in [1.29, 1.82) is 0 Å². The summed E-state index contributed by atoms with van der Waals surface area (Å²) in [6.07, 6.45) is 2.01. The van der Waals surface area contributed by atoms with E-state index in [4.69, 9.17) is 9.84 Å². The topological polar surface area (TPSA) is 66.8 Å². The first-order valence-corrected chi connectivity index (χ1v) is 7.79. The number of fused-ring (bicyclic) bond motifs is 1. The van der Waals surface area contributed by atoms with E-state index < -0.39 is 11.6 Å². The van der Waals surface area contributed by atoms with Gasteiger partial charge in [-0.3, -0.25) is 0 Å². The lowest BCUT2D eigenvalue weighted by Gasteiger charge is -2.32. The molecule has 0 spiro atoms. The van der Waals surface area contributed by atoms with E-state index in [1.165, 1.54) is 11.3 Å². The third kappa shape index (κ3) is 3.75. The van der Waals surface area contributed by atoms with Crippen molar-refractivity contribution in [3.05, 3.63) is 21.4 Å². The Labute approximate surface area is 128 Å². The number of carbonyl (C=O) groups excluding carboxylic acids is 1. The zero-order chi connectivity index (χ0) is 15.8. The Kier molecular flexibility index (Phi) is 4.27. The van der Waals surface area contributed by atoms with Gasteiger partial charge in [0.25, 0.3) is 0 Å². The zero-order valence-corrected chi connectivity index (χ0v) is 13.6. The Morgan fingerprint density at radius 3 is 2.67 bits per heavy atom. The van der Waals surface area contributed by atoms with Crippen LogP contribution >= 0.6 is 11.3 Å². The van der Waals surface area contributed by atoms with Gasteiger partial charge in [-0.25, -0.2) is 9.59 Å². The van der Waals surface area contributed by atoms with Crippen molar-refractivity contribution >= 4 is 23.4 Å². The Balaban J connectivity index is 2.06. The molecule has 1 N–H and O–H groups in total. The summed E-state index contributed by atoms with van der Waals surface area (Å²) >= 11 is 1.34. The van der Waals surface area contributed by atoms with Crippen LogP contribution in [0.25, 0.3) is 0 Å². The van der Waals surface area contributed by atoms with Gasteiger partial charge in [-0.15, -0.1) is 11.3 Å². The first kappa shape index (κ1) is 15.8. The molecule has 1 heterocycles. The van der Waals surface area contributed by atoms with Gasteiger partial charge in [0.15, 0.2) is 0 Å². The fourth-order valence-corrected chi connectivity index (χ4v) is 3.47. The van der Waals surface area contributed by atoms with Gasteiger partial charge in [0.05, 0.1) is 0 Å². The van der Waals surface area contributed by atoms with E-state index in [0.29, 0.717) is 11.3 Å². The molecular weight excluding hydrogens is 290 g/mol. The van der Waals surface area contributed by atoms with Crippen LogP contribution in [0.5, 0.6) is 0 Å². The fraction of sp³-hybridized carbons (Fsp3) is 0.600. The summed E-state index contributed by atoms with van der Waals surface area (Å²) < 4.78 is 5.38. The highest BCUT2D eigenvalue weighted by molar-refractivity contribution is 7.14. The molecule has 1 aliphatic rings. The standard InChI is InChI=1S/C15H21NO4S/c1-15(2,3)20-14(19)16(4)10-5-6-11-9(7-10)8-12(21-11)13(17)18/h8,10H,5-7H2,1-4H3,(H,17,18). The van der Waals surface area contributed by atoms with Crippen LogP contribution in [0.3, 0.4) is 0 Å². The number of nitrogens with zero attached hydrogens (tertiary/aromatic N) is 1. The Bertz CT molecular complexity index is 559. The molecule has 0 aromatic carbocycles. The maximum atomic E-state index is 12.1. The number of hydrogen-bond donors (Lipinski definition) is 1. The molecule has 0 saturated heterocycles. The third-order valence-electron chi connectivity index (χ3n) is 3.50. The van der Waals surface area contributed by atoms with Gasteiger partial charge in [-0.1, -0.05) is 0 Å². The minimum absolute atomic E-state index is 0.0589.